The highest BCUT2D eigenvalue weighted by molar-refractivity contribution is 7.24. The second-order valence-corrected chi connectivity index (χ2v) is 7.54. The molecular weight excluding hydrogens is 328 g/mol. The number of thiazole rings is 1. The van der Waals surface area contributed by atoms with Crippen LogP contribution in [0.2, 0.25) is 0 Å². The molecule has 2 aromatic heterocycles. The van der Waals surface area contributed by atoms with E-state index in [1.807, 2.05) is 19.1 Å². The quantitative estimate of drug-likeness (QED) is 0.455. The van der Waals surface area contributed by atoms with E-state index in [-0.39, 0.29) is 10.6 Å². The lowest BCUT2D eigenvalue weighted by molar-refractivity contribution is -0.384. The number of non-ortho nitro benzene ring substituents is 1. The van der Waals surface area contributed by atoms with Crippen molar-refractivity contribution in [2.45, 2.75) is 27.2 Å². The van der Waals surface area contributed by atoms with Gasteiger partial charge in [-0.2, -0.15) is 0 Å². The monoisotopic (exact) mass is 344 g/mol. The second-order valence-electron chi connectivity index (χ2n) is 5.29. The number of aromatic nitrogens is 1. The molecule has 0 saturated heterocycles. The summed E-state index contributed by atoms with van der Waals surface area (Å²) >= 11 is 3.45. The molecule has 118 valence electrons. The fourth-order valence-corrected chi connectivity index (χ4v) is 4.89. The fourth-order valence-electron chi connectivity index (χ4n) is 2.48. The van der Waals surface area contributed by atoms with E-state index < -0.39 is 0 Å². The molecule has 0 N–H and O–H groups in total. The zero-order chi connectivity index (χ0) is 16.6. The van der Waals surface area contributed by atoms with Crippen molar-refractivity contribution in [3.63, 3.8) is 0 Å². The summed E-state index contributed by atoms with van der Waals surface area (Å²) in [6.45, 7) is 6.26. The van der Waals surface area contributed by atoms with Crippen LogP contribution in [0.5, 0.6) is 0 Å². The molecular formula is C17H16N2O2S2. The summed E-state index contributed by atoms with van der Waals surface area (Å²) in [7, 11) is 0. The molecule has 0 fully saturated rings. The molecule has 2 heterocycles. The van der Waals surface area contributed by atoms with Crippen LogP contribution in [0.15, 0.2) is 30.3 Å². The summed E-state index contributed by atoms with van der Waals surface area (Å²) < 4.78 is 0. The number of rotatable bonds is 4. The van der Waals surface area contributed by atoms with E-state index in [2.05, 4.69) is 24.9 Å². The van der Waals surface area contributed by atoms with E-state index in [1.54, 1.807) is 34.8 Å². The van der Waals surface area contributed by atoms with E-state index in [0.29, 0.717) is 0 Å². The Morgan fingerprint density at radius 1 is 1.13 bits per heavy atom. The van der Waals surface area contributed by atoms with E-state index in [9.17, 15) is 10.1 Å². The minimum atomic E-state index is -0.373. The lowest BCUT2D eigenvalue weighted by Gasteiger charge is -1.98. The third kappa shape index (κ3) is 3.04. The second kappa shape index (κ2) is 6.22. The van der Waals surface area contributed by atoms with Crippen LogP contribution in [0.25, 0.3) is 20.2 Å². The topological polar surface area (TPSA) is 56.0 Å². The maximum absolute atomic E-state index is 10.8. The van der Waals surface area contributed by atoms with E-state index in [0.717, 1.165) is 27.6 Å². The summed E-state index contributed by atoms with van der Waals surface area (Å²) in [5, 5.41) is 11.9. The van der Waals surface area contributed by atoms with Gasteiger partial charge in [0, 0.05) is 21.9 Å². The molecule has 0 bridgehead atoms. The number of thiophene rings is 1. The maximum atomic E-state index is 10.8. The largest absolute Gasteiger partial charge is 0.269 e. The van der Waals surface area contributed by atoms with Gasteiger partial charge in [-0.05, 0) is 49.6 Å². The Bertz CT molecular complexity index is 863. The maximum Gasteiger partial charge on any atom is 0.269 e. The summed E-state index contributed by atoms with van der Waals surface area (Å²) in [4.78, 5) is 18.6. The van der Waals surface area contributed by atoms with Crippen LogP contribution < -0.4 is 0 Å². The van der Waals surface area contributed by atoms with Crippen molar-refractivity contribution >= 4 is 28.4 Å². The Morgan fingerprint density at radius 3 is 2.43 bits per heavy atom. The molecule has 0 aliphatic heterocycles. The van der Waals surface area contributed by atoms with Crippen LogP contribution in [0.3, 0.4) is 0 Å². The molecule has 3 aromatic rings. The Labute approximate surface area is 142 Å². The molecule has 0 amide bonds. The van der Waals surface area contributed by atoms with Crippen molar-refractivity contribution < 1.29 is 4.92 Å². The van der Waals surface area contributed by atoms with Crippen LogP contribution in [-0.4, -0.2) is 9.91 Å². The number of aryl methyl sites for hydroxylation is 3. The van der Waals surface area contributed by atoms with Crippen LogP contribution in [-0.2, 0) is 6.42 Å². The Hall–Kier alpha value is -2.05. The van der Waals surface area contributed by atoms with Crippen molar-refractivity contribution in [2.75, 3.05) is 0 Å². The number of hydrogen-bond acceptors (Lipinski definition) is 5. The molecule has 3 rings (SSSR count). The average Bonchev–Trinajstić information content (AvgIpc) is 3.09. The smallest absolute Gasteiger partial charge is 0.258 e. The third-order valence-electron chi connectivity index (χ3n) is 3.63. The van der Waals surface area contributed by atoms with E-state index in [1.165, 1.54) is 15.3 Å². The molecule has 0 unspecified atom stereocenters. The van der Waals surface area contributed by atoms with Gasteiger partial charge in [0.1, 0.15) is 0 Å². The van der Waals surface area contributed by atoms with Crippen LogP contribution in [0.4, 0.5) is 5.69 Å². The SMILES string of the molecule is CCc1nc(C)sc1-c1sc(-c2ccc([N+](=O)[O-])cc2)cc1C. The number of hydrogen-bond donors (Lipinski definition) is 0. The molecule has 6 heteroatoms. The van der Waals surface area contributed by atoms with Crippen molar-refractivity contribution in [1.82, 2.24) is 4.98 Å². The molecule has 0 saturated carbocycles. The van der Waals surface area contributed by atoms with Crippen molar-refractivity contribution in [2.24, 2.45) is 0 Å². The minimum absolute atomic E-state index is 0.119. The fraction of sp³-hybridized carbons (Fsp3) is 0.235. The molecule has 0 radical (unpaired) electrons. The third-order valence-corrected chi connectivity index (χ3v) is 6.09. The Balaban J connectivity index is 2.02. The van der Waals surface area contributed by atoms with Crippen molar-refractivity contribution in [3.8, 4) is 20.2 Å². The number of benzene rings is 1. The van der Waals surface area contributed by atoms with Crippen LogP contribution in [0.1, 0.15) is 23.2 Å². The first-order valence-corrected chi connectivity index (χ1v) is 8.94. The number of nitro groups is 1. The molecule has 0 aliphatic carbocycles. The highest BCUT2D eigenvalue weighted by Crippen LogP contribution is 2.42. The molecule has 0 atom stereocenters. The molecule has 0 aliphatic rings. The molecule has 4 nitrogen and oxygen atoms in total. The van der Waals surface area contributed by atoms with Crippen LogP contribution in [0, 0.1) is 24.0 Å². The predicted octanol–water partition coefficient (Wildman–Crippen LogP) is 5.63. The van der Waals surface area contributed by atoms with Crippen molar-refractivity contribution in [1.29, 1.82) is 0 Å². The van der Waals surface area contributed by atoms with Crippen molar-refractivity contribution in [3.05, 3.63) is 56.7 Å². The van der Waals surface area contributed by atoms with Gasteiger partial charge in [0.25, 0.3) is 5.69 Å². The van der Waals surface area contributed by atoms with Gasteiger partial charge in [-0.3, -0.25) is 10.1 Å². The highest BCUT2D eigenvalue weighted by Gasteiger charge is 2.16. The molecule has 1 aromatic carbocycles. The Kier molecular flexibility index (Phi) is 4.28. The lowest BCUT2D eigenvalue weighted by Crippen LogP contribution is -1.86. The molecule has 0 spiro atoms. The van der Waals surface area contributed by atoms with E-state index in [4.69, 9.17) is 0 Å². The predicted molar refractivity (Wildman–Crippen MR) is 96.4 cm³/mol. The van der Waals surface area contributed by atoms with Gasteiger partial charge >= 0.3 is 0 Å². The van der Waals surface area contributed by atoms with Gasteiger partial charge in [-0.1, -0.05) is 6.92 Å². The Morgan fingerprint density at radius 2 is 1.83 bits per heavy atom. The summed E-state index contributed by atoms with van der Waals surface area (Å²) in [5.41, 5.74) is 3.50. The van der Waals surface area contributed by atoms with Crippen LogP contribution >= 0.6 is 22.7 Å². The average molecular weight is 344 g/mol. The first-order valence-electron chi connectivity index (χ1n) is 7.31. The summed E-state index contributed by atoms with van der Waals surface area (Å²) in [5.74, 6) is 0. The highest BCUT2D eigenvalue weighted by atomic mass is 32.1. The van der Waals surface area contributed by atoms with Gasteiger partial charge in [0.15, 0.2) is 0 Å². The first kappa shape index (κ1) is 15.8. The lowest BCUT2D eigenvalue weighted by atomic mass is 10.1. The van der Waals surface area contributed by atoms with E-state index >= 15 is 0 Å². The van der Waals surface area contributed by atoms with Gasteiger partial charge in [-0.15, -0.1) is 22.7 Å². The zero-order valence-electron chi connectivity index (χ0n) is 13.1. The van der Waals surface area contributed by atoms with Gasteiger partial charge < -0.3 is 0 Å². The first-order chi connectivity index (χ1) is 11.0. The van der Waals surface area contributed by atoms with Gasteiger partial charge in [0.2, 0.25) is 0 Å². The molecule has 23 heavy (non-hydrogen) atoms. The normalized spacial score (nSPS) is 10.9. The van der Waals surface area contributed by atoms with Gasteiger partial charge in [0.05, 0.1) is 20.5 Å². The number of nitrogens with zero attached hydrogens (tertiary/aromatic N) is 2. The summed E-state index contributed by atoms with van der Waals surface area (Å²) in [6.07, 6.45) is 0.921. The minimum Gasteiger partial charge on any atom is -0.258 e. The zero-order valence-corrected chi connectivity index (χ0v) is 14.8. The standard InChI is InChI=1S/C17H16N2O2S2/c1-4-14-17(22-11(3)18-14)16-10(2)9-15(23-16)12-5-7-13(8-6-12)19(20)21/h5-9H,4H2,1-3H3. The summed E-state index contributed by atoms with van der Waals surface area (Å²) in [6, 6.07) is 8.88. The number of nitro benzene ring substituents is 1. The van der Waals surface area contributed by atoms with Gasteiger partial charge in [-0.25, -0.2) is 4.98 Å².